The fourth-order valence-corrected chi connectivity index (χ4v) is 3.02. The lowest BCUT2D eigenvalue weighted by Crippen LogP contribution is -2.24. The molecule has 26 heavy (non-hydrogen) atoms. The molecule has 0 aliphatic carbocycles. The molecule has 3 rings (SSSR count). The number of hydrogen-bond donors (Lipinski definition) is 1. The maximum atomic E-state index is 12.5. The van der Waals surface area contributed by atoms with Crippen LogP contribution in [0, 0.1) is 6.92 Å². The SMILES string of the molecule is Cc1nn(C(C)C(=O)Nc2nn(Cc3ccc(Cl)cc3)cc2Br)cc1Cl. The molecule has 9 heteroatoms. The van der Waals surface area contributed by atoms with Crippen LogP contribution in [-0.2, 0) is 11.3 Å². The van der Waals surface area contributed by atoms with E-state index in [0.29, 0.717) is 32.6 Å². The summed E-state index contributed by atoms with van der Waals surface area (Å²) >= 11 is 15.3. The lowest BCUT2D eigenvalue weighted by atomic mass is 10.2. The lowest BCUT2D eigenvalue weighted by Gasteiger charge is -2.11. The van der Waals surface area contributed by atoms with Crippen molar-refractivity contribution in [3.8, 4) is 0 Å². The van der Waals surface area contributed by atoms with Gasteiger partial charge >= 0.3 is 0 Å². The first-order valence-corrected chi connectivity index (χ1v) is 9.38. The van der Waals surface area contributed by atoms with Crippen molar-refractivity contribution >= 4 is 50.9 Å². The summed E-state index contributed by atoms with van der Waals surface area (Å²) in [4.78, 5) is 12.5. The smallest absolute Gasteiger partial charge is 0.250 e. The maximum Gasteiger partial charge on any atom is 0.250 e. The summed E-state index contributed by atoms with van der Waals surface area (Å²) in [6.45, 7) is 4.10. The summed E-state index contributed by atoms with van der Waals surface area (Å²) in [6.07, 6.45) is 3.44. The highest BCUT2D eigenvalue weighted by atomic mass is 79.9. The van der Waals surface area contributed by atoms with Gasteiger partial charge in [0.15, 0.2) is 5.82 Å². The van der Waals surface area contributed by atoms with Gasteiger partial charge in [0.25, 0.3) is 0 Å². The van der Waals surface area contributed by atoms with Crippen LogP contribution in [0.3, 0.4) is 0 Å². The van der Waals surface area contributed by atoms with E-state index in [-0.39, 0.29) is 5.91 Å². The van der Waals surface area contributed by atoms with Crippen LogP contribution in [0.1, 0.15) is 24.2 Å². The van der Waals surface area contributed by atoms with Crippen molar-refractivity contribution in [2.75, 3.05) is 5.32 Å². The van der Waals surface area contributed by atoms with Gasteiger partial charge in [-0.25, -0.2) is 0 Å². The van der Waals surface area contributed by atoms with Crippen LogP contribution in [0.25, 0.3) is 0 Å². The number of carbonyl (C=O) groups excluding carboxylic acids is 1. The summed E-state index contributed by atoms with van der Waals surface area (Å²) in [5.74, 6) is 0.215. The highest BCUT2D eigenvalue weighted by Gasteiger charge is 2.19. The Kier molecular flexibility index (Phi) is 5.70. The number of nitrogens with one attached hydrogen (secondary N) is 1. The van der Waals surface area contributed by atoms with Crippen LogP contribution in [0.15, 0.2) is 41.1 Å². The van der Waals surface area contributed by atoms with E-state index >= 15 is 0 Å². The van der Waals surface area contributed by atoms with Gasteiger partial charge in [0.2, 0.25) is 5.91 Å². The molecule has 0 bridgehead atoms. The maximum absolute atomic E-state index is 12.5. The van der Waals surface area contributed by atoms with Crippen molar-refractivity contribution in [2.45, 2.75) is 26.4 Å². The summed E-state index contributed by atoms with van der Waals surface area (Å²) in [7, 11) is 0. The summed E-state index contributed by atoms with van der Waals surface area (Å²) in [5.41, 5.74) is 1.73. The molecule has 0 aliphatic heterocycles. The van der Waals surface area contributed by atoms with E-state index in [9.17, 15) is 4.79 Å². The summed E-state index contributed by atoms with van der Waals surface area (Å²) in [6, 6.07) is 7.01. The Hall–Kier alpha value is -1.83. The van der Waals surface area contributed by atoms with Crippen molar-refractivity contribution in [1.29, 1.82) is 0 Å². The van der Waals surface area contributed by atoms with Crippen LogP contribution in [0.2, 0.25) is 10.0 Å². The van der Waals surface area contributed by atoms with Gasteiger partial charge in [-0.2, -0.15) is 10.2 Å². The standard InChI is InChI=1S/C17H16BrCl2N5O/c1-10-15(20)9-25(22-10)11(2)17(26)21-16-14(18)8-24(23-16)7-12-3-5-13(19)6-4-12/h3-6,8-9,11H,7H2,1-2H3,(H,21,23,26). The molecule has 1 N–H and O–H groups in total. The number of carbonyl (C=O) groups is 1. The van der Waals surface area contributed by atoms with E-state index in [2.05, 4.69) is 31.4 Å². The molecular weight excluding hydrogens is 441 g/mol. The highest BCUT2D eigenvalue weighted by molar-refractivity contribution is 9.10. The number of aryl methyl sites for hydroxylation is 1. The molecule has 2 aromatic heterocycles. The zero-order valence-electron chi connectivity index (χ0n) is 14.1. The number of benzene rings is 1. The van der Waals surface area contributed by atoms with E-state index in [1.165, 1.54) is 4.68 Å². The number of anilines is 1. The van der Waals surface area contributed by atoms with Crippen LogP contribution in [0.4, 0.5) is 5.82 Å². The zero-order chi connectivity index (χ0) is 18.8. The van der Waals surface area contributed by atoms with E-state index < -0.39 is 6.04 Å². The molecule has 3 aromatic rings. The van der Waals surface area contributed by atoms with Gasteiger partial charge in [0, 0.05) is 17.4 Å². The number of rotatable bonds is 5. The van der Waals surface area contributed by atoms with Crippen LogP contribution >= 0.6 is 39.1 Å². The van der Waals surface area contributed by atoms with E-state index in [0.717, 1.165) is 5.56 Å². The Balaban J connectivity index is 1.70. The molecule has 0 radical (unpaired) electrons. The Morgan fingerprint density at radius 3 is 2.54 bits per heavy atom. The van der Waals surface area contributed by atoms with Crippen molar-refractivity contribution in [3.63, 3.8) is 0 Å². The number of hydrogen-bond acceptors (Lipinski definition) is 3. The molecule has 1 unspecified atom stereocenters. The normalized spacial score (nSPS) is 12.2. The molecule has 1 aromatic carbocycles. The predicted octanol–water partition coefficient (Wildman–Crippen LogP) is 4.71. The molecular formula is C17H16BrCl2N5O. The summed E-state index contributed by atoms with van der Waals surface area (Å²) in [5, 5.41) is 12.7. The topological polar surface area (TPSA) is 64.7 Å². The molecule has 1 atom stereocenters. The summed E-state index contributed by atoms with van der Waals surface area (Å²) < 4.78 is 3.97. The van der Waals surface area contributed by atoms with Gasteiger partial charge in [0.05, 0.1) is 21.7 Å². The molecule has 0 saturated heterocycles. The zero-order valence-corrected chi connectivity index (χ0v) is 17.2. The fraction of sp³-hybridized carbons (Fsp3) is 0.235. The quantitative estimate of drug-likeness (QED) is 0.604. The third kappa shape index (κ3) is 4.28. The van der Waals surface area contributed by atoms with Crippen LogP contribution in [0.5, 0.6) is 0 Å². The van der Waals surface area contributed by atoms with Gasteiger partial charge < -0.3 is 5.32 Å². The van der Waals surface area contributed by atoms with Gasteiger partial charge in [0.1, 0.15) is 6.04 Å². The molecule has 0 spiro atoms. The Labute approximate surface area is 169 Å². The first-order chi connectivity index (χ1) is 12.3. The number of amides is 1. The molecule has 2 heterocycles. The predicted molar refractivity (Wildman–Crippen MR) is 106 cm³/mol. The average Bonchev–Trinajstić information content (AvgIpc) is 3.11. The van der Waals surface area contributed by atoms with Crippen molar-refractivity contribution in [2.24, 2.45) is 0 Å². The second-order valence-electron chi connectivity index (χ2n) is 5.86. The van der Waals surface area contributed by atoms with Crippen molar-refractivity contribution < 1.29 is 4.79 Å². The number of halogens is 3. The molecule has 1 amide bonds. The van der Waals surface area contributed by atoms with Gasteiger partial charge in [-0.3, -0.25) is 14.2 Å². The molecule has 136 valence electrons. The van der Waals surface area contributed by atoms with E-state index in [4.69, 9.17) is 23.2 Å². The van der Waals surface area contributed by atoms with E-state index in [1.54, 1.807) is 24.7 Å². The van der Waals surface area contributed by atoms with Crippen LogP contribution < -0.4 is 5.32 Å². The average molecular weight is 457 g/mol. The molecule has 0 aliphatic rings. The van der Waals surface area contributed by atoms with E-state index in [1.807, 2.05) is 30.5 Å². The number of nitrogens with zero attached hydrogens (tertiary/aromatic N) is 4. The Morgan fingerprint density at radius 2 is 1.92 bits per heavy atom. The lowest BCUT2D eigenvalue weighted by molar-refractivity contribution is -0.119. The third-order valence-electron chi connectivity index (χ3n) is 3.85. The Bertz CT molecular complexity index is 916. The Morgan fingerprint density at radius 1 is 1.23 bits per heavy atom. The minimum Gasteiger partial charge on any atom is -0.306 e. The first-order valence-electron chi connectivity index (χ1n) is 7.83. The monoisotopic (exact) mass is 455 g/mol. The van der Waals surface area contributed by atoms with Gasteiger partial charge in [-0.05, 0) is 47.5 Å². The van der Waals surface area contributed by atoms with Crippen molar-refractivity contribution in [1.82, 2.24) is 19.6 Å². The minimum absolute atomic E-state index is 0.235. The highest BCUT2D eigenvalue weighted by Crippen LogP contribution is 2.23. The fourth-order valence-electron chi connectivity index (χ4n) is 2.34. The third-order valence-corrected chi connectivity index (χ3v) is 5.05. The molecule has 0 fully saturated rings. The second kappa shape index (κ2) is 7.82. The molecule has 0 saturated carbocycles. The largest absolute Gasteiger partial charge is 0.306 e. The van der Waals surface area contributed by atoms with Crippen molar-refractivity contribution in [3.05, 3.63) is 62.4 Å². The molecule has 6 nitrogen and oxygen atoms in total. The van der Waals surface area contributed by atoms with Gasteiger partial charge in [-0.1, -0.05) is 35.3 Å². The first kappa shape index (κ1) is 18.9. The number of aromatic nitrogens is 4. The van der Waals surface area contributed by atoms with Crippen LogP contribution in [-0.4, -0.2) is 25.5 Å². The minimum atomic E-state index is -0.519. The second-order valence-corrected chi connectivity index (χ2v) is 7.56. The van der Waals surface area contributed by atoms with Gasteiger partial charge in [-0.15, -0.1) is 0 Å².